The Morgan fingerprint density at radius 1 is 1.06 bits per heavy atom. The summed E-state index contributed by atoms with van der Waals surface area (Å²) in [6.45, 7) is 5.60. The number of benzene rings is 2. The maximum Gasteiger partial charge on any atom is 0.203 e. The summed E-state index contributed by atoms with van der Waals surface area (Å²) in [6, 6.07) is 18.1. The summed E-state index contributed by atoms with van der Waals surface area (Å²) in [5.41, 5.74) is 6.02. The fraction of sp³-hybridized carbons (Fsp3) is 0.333. The Hall–Kier alpha value is -2.74. The van der Waals surface area contributed by atoms with E-state index in [4.69, 9.17) is 9.47 Å². The number of rotatable bonds is 10. The van der Waals surface area contributed by atoms with Crippen molar-refractivity contribution >= 4 is 22.7 Å². The maximum absolute atomic E-state index is 6.02. The Balaban J connectivity index is 1.24. The van der Waals surface area contributed by atoms with Crippen molar-refractivity contribution < 1.29 is 9.47 Å². The minimum Gasteiger partial charge on any atom is -0.493 e. The van der Waals surface area contributed by atoms with E-state index in [9.17, 15) is 0 Å². The Kier molecular flexibility index (Phi) is 8.04. The second-order valence-electron chi connectivity index (χ2n) is 7.32. The number of anilines is 1. The molecular weight excluding hydrogens is 408 g/mol. The Bertz CT molecular complexity index is 955. The highest BCUT2D eigenvalue weighted by atomic mass is 32.1. The first-order chi connectivity index (χ1) is 15.4. The minimum atomic E-state index is 0.704. The average Bonchev–Trinajstić information content (AvgIpc) is 3.30. The number of aromatic nitrogens is 1. The van der Waals surface area contributed by atoms with E-state index < -0.39 is 0 Å². The third kappa shape index (κ3) is 6.62. The van der Waals surface area contributed by atoms with Gasteiger partial charge in [0.15, 0.2) is 0 Å². The van der Waals surface area contributed by atoms with Gasteiger partial charge in [0.05, 0.1) is 31.7 Å². The number of hydrogen-bond donors (Lipinski definition) is 1. The molecule has 2 heterocycles. The summed E-state index contributed by atoms with van der Waals surface area (Å²) in [6.07, 6.45) is 3.95. The van der Waals surface area contributed by atoms with Crippen LogP contribution in [0.2, 0.25) is 0 Å². The van der Waals surface area contributed by atoms with Gasteiger partial charge in [0.25, 0.3) is 0 Å². The molecule has 1 aliphatic heterocycles. The van der Waals surface area contributed by atoms with E-state index in [0.717, 1.165) is 73.4 Å². The van der Waals surface area contributed by atoms with Gasteiger partial charge in [0.1, 0.15) is 5.75 Å². The quantitative estimate of drug-likeness (QED) is 0.282. The van der Waals surface area contributed by atoms with Gasteiger partial charge < -0.3 is 9.47 Å². The molecule has 2 aromatic carbocycles. The molecule has 4 rings (SSSR count). The van der Waals surface area contributed by atoms with Crippen molar-refractivity contribution in [1.29, 1.82) is 0 Å². The van der Waals surface area contributed by atoms with E-state index in [1.165, 1.54) is 11.3 Å². The van der Waals surface area contributed by atoms with Crippen LogP contribution in [-0.2, 0) is 4.74 Å². The number of para-hydroxylation sites is 1. The van der Waals surface area contributed by atoms with Crippen LogP contribution in [0.15, 0.2) is 65.1 Å². The van der Waals surface area contributed by atoms with Crippen molar-refractivity contribution in [2.75, 3.05) is 44.9 Å². The number of hydrogen-bond acceptors (Lipinski definition) is 7. The Morgan fingerprint density at radius 2 is 1.87 bits per heavy atom. The molecule has 0 atom stereocenters. The summed E-state index contributed by atoms with van der Waals surface area (Å²) >= 11 is 1.54. The SMILES string of the molecule is C(=NNc1nc(-c2ccccc2)cs1)c1ccccc1OCCCCN1CCOCC1. The minimum absolute atomic E-state index is 0.704. The van der Waals surface area contributed by atoms with Crippen LogP contribution in [0, 0.1) is 0 Å². The lowest BCUT2D eigenvalue weighted by molar-refractivity contribution is 0.0368. The predicted molar refractivity (Wildman–Crippen MR) is 127 cm³/mol. The van der Waals surface area contributed by atoms with Crippen LogP contribution < -0.4 is 10.2 Å². The van der Waals surface area contributed by atoms with Crippen LogP contribution >= 0.6 is 11.3 Å². The molecular formula is C24H28N4O2S. The summed E-state index contributed by atoms with van der Waals surface area (Å²) in [4.78, 5) is 7.05. The third-order valence-corrected chi connectivity index (χ3v) is 5.83. The second-order valence-corrected chi connectivity index (χ2v) is 8.18. The molecule has 3 aromatic rings. The molecule has 0 spiro atoms. The third-order valence-electron chi connectivity index (χ3n) is 5.09. The van der Waals surface area contributed by atoms with Crippen LogP contribution in [0.3, 0.4) is 0 Å². The molecule has 1 saturated heterocycles. The maximum atomic E-state index is 6.02. The average molecular weight is 437 g/mol. The lowest BCUT2D eigenvalue weighted by Gasteiger charge is -2.26. The van der Waals surface area contributed by atoms with Gasteiger partial charge in [0.2, 0.25) is 5.13 Å². The largest absolute Gasteiger partial charge is 0.493 e. The molecule has 0 unspecified atom stereocenters. The van der Waals surface area contributed by atoms with Gasteiger partial charge in [-0.25, -0.2) is 4.98 Å². The first-order valence-corrected chi connectivity index (χ1v) is 11.6. The molecule has 7 heteroatoms. The van der Waals surface area contributed by atoms with Gasteiger partial charge in [0, 0.05) is 29.6 Å². The highest BCUT2D eigenvalue weighted by Gasteiger charge is 2.09. The van der Waals surface area contributed by atoms with E-state index in [-0.39, 0.29) is 0 Å². The zero-order chi connectivity index (χ0) is 21.1. The van der Waals surface area contributed by atoms with Gasteiger partial charge in [-0.05, 0) is 31.5 Å². The fourth-order valence-corrected chi connectivity index (χ4v) is 4.06. The highest BCUT2D eigenvalue weighted by Crippen LogP contribution is 2.24. The number of hydrazone groups is 1. The van der Waals surface area contributed by atoms with E-state index in [1.807, 2.05) is 47.8 Å². The summed E-state index contributed by atoms with van der Waals surface area (Å²) in [5, 5.41) is 7.15. The van der Waals surface area contributed by atoms with E-state index in [1.54, 1.807) is 6.21 Å². The lowest BCUT2D eigenvalue weighted by Crippen LogP contribution is -2.36. The van der Waals surface area contributed by atoms with Gasteiger partial charge in [-0.3, -0.25) is 10.3 Å². The first kappa shape index (κ1) is 21.5. The molecule has 1 aliphatic rings. The van der Waals surface area contributed by atoms with Crippen LogP contribution in [0.5, 0.6) is 5.75 Å². The molecule has 0 radical (unpaired) electrons. The van der Waals surface area contributed by atoms with Crippen molar-refractivity contribution in [1.82, 2.24) is 9.88 Å². The number of thiazole rings is 1. The fourth-order valence-electron chi connectivity index (χ4n) is 3.39. The summed E-state index contributed by atoms with van der Waals surface area (Å²) in [5.74, 6) is 0.850. The smallest absolute Gasteiger partial charge is 0.203 e. The monoisotopic (exact) mass is 436 g/mol. The predicted octanol–water partition coefficient (Wildman–Crippen LogP) is 4.75. The Morgan fingerprint density at radius 3 is 2.74 bits per heavy atom. The molecule has 1 fully saturated rings. The second kappa shape index (κ2) is 11.6. The van der Waals surface area contributed by atoms with E-state index >= 15 is 0 Å². The zero-order valence-corrected chi connectivity index (χ0v) is 18.4. The van der Waals surface area contributed by atoms with Crippen LogP contribution in [-0.4, -0.2) is 55.6 Å². The topological polar surface area (TPSA) is 59.0 Å². The molecule has 162 valence electrons. The van der Waals surface area contributed by atoms with Gasteiger partial charge in [-0.2, -0.15) is 5.10 Å². The number of unbranched alkanes of at least 4 members (excludes halogenated alkanes) is 1. The molecule has 0 saturated carbocycles. The lowest BCUT2D eigenvalue weighted by atomic mass is 10.2. The van der Waals surface area contributed by atoms with Crippen molar-refractivity contribution in [3.8, 4) is 17.0 Å². The molecule has 31 heavy (non-hydrogen) atoms. The van der Waals surface area contributed by atoms with Crippen molar-refractivity contribution in [2.45, 2.75) is 12.8 Å². The molecule has 0 amide bonds. The van der Waals surface area contributed by atoms with Crippen LogP contribution in [0.25, 0.3) is 11.3 Å². The van der Waals surface area contributed by atoms with Crippen molar-refractivity contribution in [2.24, 2.45) is 5.10 Å². The molecule has 0 aliphatic carbocycles. The standard InChI is InChI=1S/C24H28N4O2S/c1-2-8-20(9-3-1)22-19-31-24(26-22)27-25-18-21-10-4-5-11-23(21)30-15-7-6-12-28-13-16-29-17-14-28/h1-5,8-11,18-19H,6-7,12-17H2,(H,26,27). The molecule has 1 aromatic heterocycles. The van der Waals surface area contributed by atoms with Crippen molar-refractivity contribution in [3.05, 3.63) is 65.5 Å². The zero-order valence-electron chi connectivity index (χ0n) is 17.6. The van der Waals surface area contributed by atoms with E-state index in [0.29, 0.717) is 6.61 Å². The number of morpholine rings is 1. The number of ether oxygens (including phenoxy) is 2. The van der Waals surface area contributed by atoms with Crippen LogP contribution in [0.4, 0.5) is 5.13 Å². The van der Waals surface area contributed by atoms with E-state index in [2.05, 4.69) is 32.5 Å². The van der Waals surface area contributed by atoms with Gasteiger partial charge in [-0.15, -0.1) is 11.3 Å². The van der Waals surface area contributed by atoms with Gasteiger partial charge >= 0.3 is 0 Å². The molecule has 1 N–H and O–H groups in total. The highest BCUT2D eigenvalue weighted by molar-refractivity contribution is 7.14. The summed E-state index contributed by atoms with van der Waals surface area (Å²) in [7, 11) is 0. The van der Waals surface area contributed by atoms with Crippen LogP contribution in [0.1, 0.15) is 18.4 Å². The van der Waals surface area contributed by atoms with Crippen molar-refractivity contribution in [3.63, 3.8) is 0 Å². The summed E-state index contributed by atoms with van der Waals surface area (Å²) < 4.78 is 11.4. The first-order valence-electron chi connectivity index (χ1n) is 10.7. The Labute approximate surface area is 187 Å². The molecule has 6 nitrogen and oxygen atoms in total. The number of nitrogens with zero attached hydrogens (tertiary/aromatic N) is 3. The molecule has 0 bridgehead atoms. The normalized spacial score (nSPS) is 14.7. The van der Waals surface area contributed by atoms with Gasteiger partial charge in [-0.1, -0.05) is 42.5 Å². The number of nitrogens with one attached hydrogen (secondary N) is 1.